The lowest BCUT2D eigenvalue weighted by atomic mass is 10.0. The average molecular weight is 282 g/mol. The zero-order valence-electron chi connectivity index (χ0n) is 8.67. The van der Waals surface area contributed by atoms with E-state index in [2.05, 4.69) is 53.4 Å². The molecule has 0 amide bonds. The Labute approximate surface area is 102 Å². The second-order valence-corrected chi connectivity index (χ2v) is 5.91. The van der Waals surface area contributed by atoms with Crippen LogP contribution in [0.3, 0.4) is 0 Å². The average Bonchev–Trinajstić information content (AvgIpc) is 2.46. The Hall–Kier alpha value is -0.800. The van der Waals surface area contributed by atoms with Crippen molar-refractivity contribution in [2.75, 3.05) is 5.73 Å². The van der Waals surface area contributed by atoms with Crippen molar-refractivity contribution < 1.29 is 0 Å². The van der Waals surface area contributed by atoms with Gasteiger partial charge in [0.2, 0.25) is 0 Å². The van der Waals surface area contributed by atoms with E-state index >= 15 is 0 Å². The van der Waals surface area contributed by atoms with Crippen molar-refractivity contribution >= 4 is 33.0 Å². The lowest BCUT2D eigenvalue weighted by Gasteiger charge is -2.04. The van der Waals surface area contributed by atoms with Gasteiger partial charge in [-0.1, -0.05) is 29.3 Å². The number of nitrogens with two attached hydrogens (primary N) is 1. The van der Waals surface area contributed by atoms with Crippen LogP contribution in [0.2, 0.25) is 0 Å². The quantitative estimate of drug-likeness (QED) is 0.825. The standard InChI is InChI=1S/C12H12BrNS/c1-7-3-8(2)5-9(4-7)10-6-15-12(13)11(10)14/h3-6H,14H2,1-2H3. The molecule has 0 atom stereocenters. The predicted octanol–water partition coefficient (Wildman–Crippen LogP) is 4.38. The first-order valence-corrected chi connectivity index (χ1v) is 6.36. The fraction of sp³-hybridized carbons (Fsp3) is 0.167. The van der Waals surface area contributed by atoms with Crippen LogP contribution in [0, 0.1) is 13.8 Å². The second-order valence-electron chi connectivity index (χ2n) is 3.71. The number of benzene rings is 1. The summed E-state index contributed by atoms with van der Waals surface area (Å²) >= 11 is 5.07. The molecule has 2 aromatic rings. The fourth-order valence-electron chi connectivity index (χ4n) is 1.70. The molecule has 0 aliphatic carbocycles. The topological polar surface area (TPSA) is 26.0 Å². The molecule has 0 saturated carbocycles. The summed E-state index contributed by atoms with van der Waals surface area (Å²) in [5.41, 5.74) is 11.7. The molecule has 0 saturated heterocycles. The highest BCUT2D eigenvalue weighted by molar-refractivity contribution is 9.11. The molecule has 0 aliphatic heterocycles. The van der Waals surface area contributed by atoms with Crippen LogP contribution in [0.25, 0.3) is 11.1 Å². The second kappa shape index (κ2) is 3.99. The Bertz CT molecular complexity index is 482. The van der Waals surface area contributed by atoms with Crippen molar-refractivity contribution in [3.63, 3.8) is 0 Å². The number of halogens is 1. The molecule has 1 nitrogen and oxygen atoms in total. The van der Waals surface area contributed by atoms with Crippen LogP contribution in [0.15, 0.2) is 27.4 Å². The molecule has 3 heteroatoms. The van der Waals surface area contributed by atoms with Gasteiger partial charge in [-0.2, -0.15) is 0 Å². The SMILES string of the molecule is Cc1cc(C)cc(-c2csc(Br)c2N)c1. The van der Waals surface area contributed by atoms with Gasteiger partial charge in [-0.25, -0.2) is 0 Å². The van der Waals surface area contributed by atoms with E-state index in [1.54, 1.807) is 11.3 Å². The Balaban J connectivity index is 2.58. The highest BCUT2D eigenvalue weighted by Crippen LogP contribution is 2.37. The van der Waals surface area contributed by atoms with E-state index in [0.717, 1.165) is 15.0 Å². The van der Waals surface area contributed by atoms with Crippen LogP contribution < -0.4 is 5.73 Å². The summed E-state index contributed by atoms with van der Waals surface area (Å²) in [6.07, 6.45) is 0. The maximum absolute atomic E-state index is 6.00. The van der Waals surface area contributed by atoms with Crippen LogP contribution in [-0.2, 0) is 0 Å². The van der Waals surface area contributed by atoms with E-state index in [1.165, 1.54) is 16.7 Å². The van der Waals surface area contributed by atoms with Crippen molar-refractivity contribution in [3.05, 3.63) is 38.5 Å². The molecule has 0 bridgehead atoms. The molecule has 1 aromatic heterocycles. The third-order valence-corrected chi connectivity index (χ3v) is 4.08. The van der Waals surface area contributed by atoms with Gasteiger partial charge >= 0.3 is 0 Å². The molecule has 0 fully saturated rings. The summed E-state index contributed by atoms with van der Waals surface area (Å²) in [4.78, 5) is 0. The smallest absolute Gasteiger partial charge is 0.0934 e. The van der Waals surface area contributed by atoms with Gasteiger partial charge in [0.1, 0.15) is 0 Å². The summed E-state index contributed by atoms with van der Waals surface area (Å²) < 4.78 is 1.01. The predicted molar refractivity (Wildman–Crippen MR) is 71.3 cm³/mol. The van der Waals surface area contributed by atoms with Gasteiger partial charge < -0.3 is 5.73 Å². The highest BCUT2D eigenvalue weighted by Gasteiger charge is 2.08. The van der Waals surface area contributed by atoms with Gasteiger partial charge in [-0.05, 0) is 35.3 Å². The van der Waals surface area contributed by atoms with Gasteiger partial charge in [0.05, 0.1) is 9.47 Å². The van der Waals surface area contributed by atoms with E-state index in [-0.39, 0.29) is 0 Å². The van der Waals surface area contributed by atoms with Crippen LogP contribution in [0.5, 0.6) is 0 Å². The number of hydrogen-bond acceptors (Lipinski definition) is 2. The van der Waals surface area contributed by atoms with Crippen molar-refractivity contribution in [2.24, 2.45) is 0 Å². The zero-order valence-corrected chi connectivity index (χ0v) is 11.1. The van der Waals surface area contributed by atoms with Crippen LogP contribution in [0.1, 0.15) is 11.1 Å². The third kappa shape index (κ3) is 2.08. The van der Waals surface area contributed by atoms with Crippen molar-refractivity contribution in [2.45, 2.75) is 13.8 Å². The zero-order chi connectivity index (χ0) is 11.0. The molecule has 1 aromatic carbocycles. The van der Waals surface area contributed by atoms with E-state index in [9.17, 15) is 0 Å². The van der Waals surface area contributed by atoms with Gasteiger partial charge in [-0.3, -0.25) is 0 Å². The summed E-state index contributed by atoms with van der Waals surface area (Å²) in [7, 11) is 0. The van der Waals surface area contributed by atoms with E-state index in [1.807, 2.05) is 0 Å². The first-order chi connectivity index (χ1) is 7.08. The molecule has 15 heavy (non-hydrogen) atoms. The maximum atomic E-state index is 6.00. The first-order valence-electron chi connectivity index (χ1n) is 4.69. The number of aryl methyl sites for hydroxylation is 2. The van der Waals surface area contributed by atoms with E-state index in [4.69, 9.17) is 5.73 Å². The summed E-state index contributed by atoms with van der Waals surface area (Å²) in [5, 5.41) is 2.09. The summed E-state index contributed by atoms with van der Waals surface area (Å²) in [6, 6.07) is 6.50. The maximum Gasteiger partial charge on any atom is 0.0934 e. The van der Waals surface area contributed by atoms with Crippen molar-refractivity contribution in [1.82, 2.24) is 0 Å². The fourth-order valence-corrected chi connectivity index (χ4v) is 2.91. The Morgan fingerprint density at radius 1 is 1.13 bits per heavy atom. The Morgan fingerprint density at radius 3 is 2.20 bits per heavy atom. The van der Waals surface area contributed by atoms with Crippen molar-refractivity contribution in [3.8, 4) is 11.1 Å². The molecule has 0 aliphatic rings. The molecule has 2 rings (SSSR count). The number of thiophene rings is 1. The van der Waals surface area contributed by atoms with Crippen molar-refractivity contribution in [1.29, 1.82) is 0 Å². The number of nitrogen functional groups attached to an aromatic ring is 1. The molecular weight excluding hydrogens is 270 g/mol. The molecule has 78 valence electrons. The molecule has 0 unspecified atom stereocenters. The number of rotatable bonds is 1. The van der Waals surface area contributed by atoms with E-state index < -0.39 is 0 Å². The summed E-state index contributed by atoms with van der Waals surface area (Å²) in [6.45, 7) is 4.21. The van der Waals surface area contributed by atoms with Crippen LogP contribution in [-0.4, -0.2) is 0 Å². The minimum Gasteiger partial charge on any atom is -0.397 e. The number of anilines is 1. The molecule has 0 spiro atoms. The van der Waals surface area contributed by atoms with Gasteiger partial charge in [0.25, 0.3) is 0 Å². The van der Waals surface area contributed by atoms with Gasteiger partial charge in [0.15, 0.2) is 0 Å². The third-order valence-electron chi connectivity index (χ3n) is 2.31. The highest BCUT2D eigenvalue weighted by atomic mass is 79.9. The Kier molecular flexibility index (Phi) is 2.85. The number of hydrogen-bond donors (Lipinski definition) is 1. The largest absolute Gasteiger partial charge is 0.397 e. The van der Waals surface area contributed by atoms with Crippen LogP contribution >= 0.6 is 27.3 Å². The lowest BCUT2D eigenvalue weighted by molar-refractivity contribution is 1.39. The van der Waals surface area contributed by atoms with Gasteiger partial charge in [0, 0.05) is 10.9 Å². The molecule has 0 radical (unpaired) electrons. The summed E-state index contributed by atoms with van der Waals surface area (Å²) in [5.74, 6) is 0. The monoisotopic (exact) mass is 281 g/mol. The first kappa shape index (κ1) is 10.7. The lowest BCUT2D eigenvalue weighted by Crippen LogP contribution is -1.87. The molecule has 1 heterocycles. The van der Waals surface area contributed by atoms with Gasteiger partial charge in [-0.15, -0.1) is 11.3 Å². The molecule has 2 N–H and O–H groups in total. The minimum atomic E-state index is 0.838. The Morgan fingerprint density at radius 2 is 1.73 bits per heavy atom. The molecular formula is C12H12BrNS. The minimum absolute atomic E-state index is 0.838. The van der Waals surface area contributed by atoms with Crippen LogP contribution in [0.4, 0.5) is 5.69 Å². The normalized spacial score (nSPS) is 10.6. The van der Waals surface area contributed by atoms with E-state index in [0.29, 0.717) is 0 Å².